The van der Waals surface area contributed by atoms with Crippen LogP contribution in [0.2, 0.25) is 0 Å². The smallest absolute Gasteiger partial charge is 0.223 e. The average molecular weight is 477 g/mol. The zero-order valence-electron chi connectivity index (χ0n) is 20.7. The molecule has 0 aliphatic carbocycles. The largest absolute Gasteiger partial charge is 0.497 e. The van der Waals surface area contributed by atoms with Crippen molar-refractivity contribution in [1.29, 1.82) is 0 Å². The molecule has 0 spiro atoms. The van der Waals surface area contributed by atoms with Crippen molar-refractivity contribution >= 4 is 12.0 Å². The zero-order valence-corrected chi connectivity index (χ0v) is 20.7. The van der Waals surface area contributed by atoms with E-state index in [-0.39, 0.29) is 5.91 Å². The molecule has 2 aromatic carbocycles. The van der Waals surface area contributed by atoms with Crippen LogP contribution in [-0.4, -0.2) is 49.3 Å². The quantitative estimate of drug-likeness (QED) is 0.318. The second kappa shape index (κ2) is 14.6. The first kappa shape index (κ1) is 26.0. The number of aryl methyl sites for hydroxylation is 1. The fourth-order valence-electron chi connectivity index (χ4n) is 3.70. The Morgan fingerprint density at radius 2 is 1.69 bits per heavy atom. The number of hydrogen-bond donors (Lipinski definition) is 2. The van der Waals surface area contributed by atoms with Gasteiger partial charge in [0.25, 0.3) is 0 Å². The SMILES string of the molecule is COc1cc(CCCNCCCCNC(=O)C/C=C/c2ccc(-n3ccnc3)cc2)cc(OC)c1. The Bertz CT molecular complexity index is 1020. The van der Waals surface area contributed by atoms with Gasteiger partial charge in [-0.25, -0.2) is 4.98 Å². The summed E-state index contributed by atoms with van der Waals surface area (Å²) in [6.45, 7) is 2.61. The average Bonchev–Trinajstić information content (AvgIpc) is 3.43. The number of rotatable bonds is 15. The summed E-state index contributed by atoms with van der Waals surface area (Å²) in [5.74, 6) is 1.70. The molecule has 0 radical (unpaired) electrons. The number of ether oxygens (including phenoxy) is 2. The van der Waals surface area contributed by atoms with E-state index < -0.39 is 0 Å². The van der Waals surface area contributed by atoms with Crippen LogP contribution < -0.4 is 20.1 Å². The highest BCUT2D eigenvalue weighted by Gasteiger charge is 2.02. The summed E-state index contributed by atoms with van der Waals surface area (Å²) in [6, 6.07) is 14.1. The van der Waals surface area contributed by atoms with Crippen molar-refractivity contribution in [3.63, 3.8) is 0 Å². The topological polar surface area (TPSA) is 77.4 Å². The van der Waals surface area contributed by atoms with Gasteiger partial charge in [0.15, 0.2) is 0 Å². The lowest BCUT2D eigenvalue weighted by Gasteiger charge is -2.09. The third kappa shape index (κ3) is 9.29. The number of aromatic nitrogens is 2. The molecule has 1 heterocycles. The molecule has 0 bridgehead atoms. The molecule has 1 amide bonds. The highest BCUT2D eigenvalue weighted by molar-refractivity contribution is 5.78. The number of benzene rings is 2. The number of methoxy groups -OCH3 is 2. The maximum Gasteiger partial charge on any atom is 0.223 e. The molecule has 186 valence electrons. The first-order valence-electron chi connectivity index (χ1n) is 12.1. The van der Waals surface area contributed by atoms with Crippen LogP contribution in [-0.2, 0) is 11.2 Å². The molecule has 0 saturated carbocycles. The molecule has 0 aliphatic heterocycles. The Morgan fingerprint density at radius 1 is 0.971 bits per heavy atom. The minimum Gasteiger partial charge on any atom is -0.497 e. The zero-order chi connectivity index (χ0) is 24.7. The van der Waals surface area contributed by atoms with Gasteiger partial charge in [-0.3, -0.25) is 4.79 Å². The Kier molecular flexibility index (Phi) is 10.9. The van der Waals surface area contributed by atoms with Gasteiger partial charge in [0.05, 0.1) is 20.5 Å². The van der Waals surface area contributed by atoms with E-state index in [2.05, 4.69) is 27.8 Å². The molecule has 0 aliphatic rings. The standard InChI is InChI=1S/C28H36N4O3/c1-34-26-19-24(20-27(21-26)35-2)8-6-15-29-14-3-4-16-31-28(33)9-5-7-23-10-12-25(13-11-23)32-18-17-30-22-32/h5,7,10-13,17-22,29H,3-4,6,8-9,14-16H2,1-2H3,(H,31,33)/b7-5+. The summed E-state index contributed by atoms with van der Waals surface area (Å²) >= 11 is 0. The van der Waals surface area contributed by atoms with Crippen molar-refractivity contribution in [1.82, 2.24) is 20.2 Å². The van der Waals surface area contributed by atoms with Crippen LogP contribution in [0, 0.1) is 0 Å². The summed E-state index contributed by atoms with van der Waals surface area (Å²) in [4.78, 5) is 16.1. The fraction of sp³-hybridized carbons (Fsp3) is 0.357. The third-order valence-corrected chi connectivity index (χ3v) is 5.64. The fourth-order valence-corrected chi connectivity index (χ4v) is 3.70. The van der Waals surface area contributed by atoms with Gasteiger partial charge in [0.1, 0.15) is 11.5 Å². The van der Waals surface area contributed by atoms with E-state index in [0.29, 0.717) is 13.0 Å². The number of nitrogens with one attached hydrogen (secondary N) is 2. The van der Waals surface area contributed by atoms with Gasteiger partial charge in [-0.1, -0.05) is 24.3 Å². The molecule has 0 saturated heterocycles. The number of imidazole rings is 1. The lowest BCUT2D eigenvalue weighted by Crippen LogP contribution is -2.24. The van der Waals surface area contributed by atoms with Crippen molar-refractivity contribution < 1.29 is 14.3 Å². The minimum absolute atomic E-state index is 0.0537. The van der Waals surface area contributed by atoms with E-state index in [4.69, 9.17) is 9.47 Å². The summed E-state index contributed by atoms with van der Waals surface area (Å²) in [6.07, 6.45) is 13.7. The molecule has 2 N–H and O–H groups in total. The van der Waals surface area contributed by atoms with E-state index in [1.807, 2.05) is 53.2 Å². The lowest BCUT2D eigenvalue weighted by molar-refractivity contribution is -0.120. The molecule has 0 atom stereocenters. The molecular weight excluding hydrogens is 440 g/mol. The predicted octanol–water partition coefficient (Wildman–Crippen LogP) is 4.41. The van der Waals surface area contributed by atoms with Crippen LogP contribution >= 0.6 is 0 Å². The number of carbonyl (C=O) groups excluding carboxylic acids is 1. The molecule has 3 rings (SSSR count). The Morgan fingerprint density at radius 3 is 2.37 bits per heavy atom. The van der Waals surface area contributed by atoms with Crippen LogP contribution in [0.5, 0.6) is 11.5 Å². The van der Waals surface area contributed by atoms with Gasteiger partial charge in [-0.05, 0) is 74.2 Å². The predicted molar refractivity (Wildman–Crippen MR) is 140 cm³/mol. The minimum atomic E-state index is 0.0537. The number of carbonyl (C=O) groups is 1. The van der Waals surface area contributed by atoms with Gasteiger partial charge in [0, 0.05) is 37.1 Å². The van der Waals surface area contributed by atoms with Crippen LogP contribution in [0.15, 0.2) is 67.3 Å². The molecule has 7 heteroatoms. The number of unbranched alkanes of at least 4 members (excludes halogenated alkanes) is 1. The highest BCUT2D eigenvalue weighted by Crippen LogP contribution is 2.23. The maximum absolute atomic E-state index is 12.0. The van der Waals surface area contributed by atoms with Gasteiger partial charge < -0.3 is 24.7 Å². The second-order valence-electron chi connectivity index (χ2n) is 8.30. The van der Waals surface area contributed by atoms with E-state index >= 15 is 0 Å². The van der Waals surface area contributed by atoms with Crippen LogP contribution in [0.1, 0.15) is 36.8 Å². The molecule has 0 fully saturated rings. The molecule has 7 nitrogen and oxygen atoms in total. The van der Waals surface area contributed by atoms with Crippen LogP contribution in [0.4, 0.5) is 0 Å². The van der Waals surface area contributed by atoms with Crippen LogP contribution in [0.25, 0.3) is 11.8 Å². The Labute approximate surface area is 208 Å². The summed E-state index contributed by atoms with van der Waals surface area (Å²) in [5, 5.41) is 6.46. The normalized spacial score (nSPS) is 11.0. The highest BCUT2D eigenvalue weighted by atomic mass is 16.5. The first-order valence-corrected chi connectivity index (χ1v) is 12.1. The lowest BCUT2D eigenvalue weighted by atomic mass is 10.1. The van der Waals surface area contributed by atoms with E-state index in [9.17, 15) is 4.79 Å². The van der Waals surface area contributed by atoms with E-state index in [1.54, 1.807) is 26.7 Å². The van der Waals surface area contributed by atoms with E-state index in [0.717, 1.165) is 61.5 Å². The molecule has 3 aromatic rings. The van der Waals surface area contributed by atoms with Crippen LogP contribution in [0.3, 0.4) is 0 Å². The molecular formula is C28H36N4O3. The van der Waals surface area contributed by atoms with E-state index in [1.165, 1.54) is 5.56 Å². The maximum atomic E-state index is 12.0. The number of amides is 1. The summed E-state index contributed by atoms with van der Waals surface area (Å²) in [7, 11) is 3.34. The van der Waals surface area contributed by atoms with Gasteiger partial charge in [0.2, 0.25) is 5.91 Å². The second-order valence-corrected chi connectivity index (χ2v) is 8.30. The number of hydrogen-bond acceptors (Lipinski definition) is 5. The van der Waals surface area contributed by atoms with Gasteiger partial charge in [-0.15, -0.1) is 0 Å². The van der Waals surface area contributed by atoms with Crippen molar-refractivity contribution in [3.05, 3.63) is 78.4 Å². The Hall–Kier alpha value is -3.58. The van der Waals surface area contributed by atoms with Crippen molar-refractivity contribution in [2.24, 2.45) is 0 Å². The Balaban J connectivity index is 1.20. The summed E-state index contributed by atoms with van der Waals surface area (Å²) in [5.41, 5.74) is 3.34. The molecule has 1 aromatic heterocycles. The monoisotopic (exact) mass is 476 g/mol. The van der Waals surface area contributed by atoms with Gasteiger partial charge in [-0.2, -0.15) is 0 Å². The van der Waals surface area contributed by atoms with Crippen molar-refractivity contribution in [2.45, 2.75) is 32.1 Å². The van der Waals surface area contributed by atoms with Crippen molar-refractivity contribution in [3.8, 4) is 17.2 Å². The third-order valence-electron chi connectivity index (χ3n) is 5.64. The molecule has 35 heavy (non-hydrogen) atoms. The number of nitrogens with zero attached hydrogens (tertiary/aromatic N) is 2. The molecule has 0 unspecified atom stereocenters. The summed E-state index contributed by atoms with van der Waals surface area (Å²) < 4.78 is 12.6. The van der Waals surface area contributed by atoms with Gasteiger partial charge >= 0.3 is 0 Å². The first-order chi connectivity index (χ1) is 17.2. The van der Waals surface area contributed by atoms with Crippen molar-refractivity contribution in [2.75, 3.05) is 33.9 Å².